The molecule has 0 spiro atoms. The Morgan fingerprint density at radius 2 is 1.93 bits per heavy atom. The zero-order valence-corrected chi connectivity index (χ0v) is 8.41. The van der Waals surface area contributed by atoms with E-state index in [1.165, 1.54) is 13.2 Å². The molecule has 0 radical (unpaired) electrons. The van der Waals surface area contributed by atoms with Crippen molar-refractivity contribution in [3.63, 3.8) is 0 Å². The molecule has 0 saturated heterocycles. The van der Waals surface area contributed by atoms with Crippen LogP contribution in [0.4, 0.5) is 0 Å². The summed E-state index contributed by atoms with van der Waals surface area (Å²) >= 11 is 0. The third kappa shape index (κ3) is 1.99. The molecule has 0 aromatic heterocycles. The maximum atomic E-state index is 9.48. The number of aromatic hydroxyl groups is 1. The molecule has 76 valence electrons. The topological polar surface area (TPSA) is 38.7 Å². The largest absolute Gasteiger partial charge is 0.504 e. The highest BCUT2D eigenvalue weighted by atomic mass is 16.5. The average molecular weight is 194 g/mol. The van der Waals surface area contributed by atoms with Gasteiger partial charge >= 0.3 is 0 Å². The Labute approximate surface area is 83.6 Å². The molecule has 0 aliphatic rings. The second-order valence-corrected chi connectivity index (χ2v) is 2.83. The minimum absolute atomic E-state index is 0.0807. The molecule has 0 atom stereocenters. The second-order valence-electron chi connectivity index (χ2n) is 2.83. The van der Waals surface area contributed by atoms with E-state index in [0.717, 1.165) is 5.56 Å². The lowest BCUT2D eigenvalue weighted by molar-refractivity contribution is 0.364. The van der Waals surface area contributed by atoms with Crippen molar-refractivity contribution in [2.24, 2.45) is 0 Å². The third-order valence-corrected chi connectivity index (χ3v) is 1.95. The van der Waals surface area contributed by atoms with Gasteiger partial charge in [0.1, 0.15) is 5.75 Å². The Morgan fingerprint density at radius 1 is 1.29 bits per heavy atom. The van der Waals surface area contributed by atoms with Crippen molar-refractivity contribution in [2.45, 2.75) is 6.42 Å². The van der Waals surface area contributed by atoms with Crippen molar-refractivity contribution in [1.82, 2.24) is 0 Å². The number of hydrogen-bond donors (Lipinski definition) is 1. The predicted octanol–water partition coefficient (Wildman–Crippen LogP) is 2.14. The van der Waals surface area contributed by atoms with Crippen LogP contribution in [0.25, 0.3) is 0 Å². The highest BCUT2D eigenvalue weighted by molar-refractivity contribution is 5.50. The van der Waals surface area contributed by atoms with Gasteiger partial charge in [-0.05, 0) is 12.5 Å². The minimum Gasteiger partial charge on any atom is -0.504 e. The maximum absolute atomic E-state index is 9.48. The molecule has 0 aliphatic heterocycles. The Bertz CT molecular complexity index is 332. The normalized spacial score (nSPS) is 9.57. The average Bonchev–Trinajstić information content (AvgIpc) is 2.20. The summed E-state index contributed by atoms with van der Waals surface area (Å²) in [5.74, 6) is 1.17. The van der Waals surface area contributed by atoms with Gasteiger partial charge in [-0.1, -0.05) is 6.08 Å². The van der Waals surface area contributed by atoms with Gasteiger partial charge in [0, 0.05) is 11.6 Å². The van der Waals surface area contributed by atoms with Gasteiger partial charge in [-0.2, -0.15) is 0 Å². The first-order valence-electron chi connectivity index (χ1n) is 4.27. The molecule has 0 unspecified atom stereocenters. The van der Waals surface area contributed by atoms with Crippen molar-refractivity contribution in [3.05, 3.63) is 30.4 Å². The van der Waals surface area contributed by atoms with E-state index in [4.69, 9.17) is 9.47 Å². The van der Waals surface area contributed by atoms with Crippen LogP contribution in [0.3, 0.4) is 0 Å². The zero-order valence-electron chi connectivity index (χ0n) is 8.41. The van der Waals surface area contributed by atoms with Crippen LogP contribution in [0.2, 0.25) is 0 Å². The summed E-state index contributed by atoms with van der Waals surface area (Å²) in [6, 6.07) is 3.29. The summed E-state index contributed by atoms with van der Waals surface area (Å²) < 4.78 is 10.1. The lowest BCUT2D eigenvalue weighted by atomic mass is 10.1. The van der Waals surface area contributed by atoms with Gasteiger partial charge in [-0.25, -0.2) is 0 Å². The van der Waals surface area contributed by atoms with Gasteiger partial charge in [-0.3, -0.25) is 0 Å². The zero-order chi connectivity index (χ0) is 10.6. The summed E-state index contributed by atoms with van der Waals surface area (Å²) in [6.45, 7) is 3.65. The predicted molar refractivity (Wildman–Crippen MR) is 55.1 cm³/mol. The molecule has 0 fully saturated rings. The maximum Gasteiger partial charge on any atom is 0.161 e. The Kier molecular flexibility index (Phi) is 3.40. The van der Waals surface area contributed by atoms with Crippen LogP contribution >= 0.6 is 0 Å². The fraction of sp³-hybridized carbons (Fsp3) is 0.273. The number of methoxy groups -OCH3 is 2. The van der Waals surface area contributed by atoms with Crippen molar-refractivity contribution in [3.8, 4) is 17.2 Å². The molecule has 14 heavy (non-hydrogen) atoms. The number of phenolic OH excluding ortho intramolecular Hbond substituents is 1. The van der Waals surface area contributed by atoms with Crippen LogP contribution in [0, 0.1) is 0 Å². The SMILES string of the molecule is C=CCc1cc(OC)c(O)cc1OC. The van der Waals surface area contributed by atoms with Crippen LogP contribution in [-0.2, 0) is 6.42 Å². The number of phenols is 1. The van der Waals surface area contributed by atoms with E-state index in [9.17, 15) is 5.11 Å². The molecule has 1 aromatic carbocycles. The summed E-state index contributed by atoms with van der Waals surface area (Å²) in [7, 11) is 3.08. The van der Waals surface area contributed by atoms with E-state index in [2.05, 4.69) is 6.58 Å². The molecule has 0 heterocycles. The molecule has 3 heteroatoms. The van der Waals surface area contributed by atoms with E-state index >= 15 is 0 Å². The molecule has 1 rings (SSSR count). The monoisotopic (exact) mass is 194 g/mol. The standard InChI is InChI=1S/C11H14O3/c1-4-5-8-6-11(14-3)9(12)7-10(8)13-2/h4,6-7,12H,1,5H2,2-3H3. The van der Waals surface area contributed by atoms with Crippen molar-refractivity contribution in [2.75, 3.05) is 14.2 Å². The van der Waals surface area contributed by atoms with Gasteiger partial charge in [0.2, 0.25) is 0 Å². The van der Waals surface area contributed by atoms with Crippen LogP contribution in [0.15, 0.2) is 24.8 Å². The summed E-state index contributed by atoms with van der Waals surface area (Å²) in [5, 5.41) is 9.48. The first-order valence-corrected chi connectivity index (χ1v) is 4.27. The molecular weight excluding hydrogens is 180 g/mol. The highest BCUT2D eigenvalue weighted by Crippen LogP contribution is 2.33. The molecule has 3 nitrogen and oxygen atoms in total. The van der Waals surface area contributed by atoms with Crippen molar-refractivity contribution in [1.29, 1.82) is 0 Å². The molecule has 0 aliphatic carbocycles. The van der Waals surface area contributed by atoms with E-state index in [1.54, 1.807) is 19.3 Å². The van der Waals surface area contributed by atoms with E-state index in [0.29, 0.717) is 17.9 Å². The van der Waals surface area contributed by atoms with E-state index in [-0.39, 0.29) is 5.75 Å². The fourth-order valence-electron chi connectivity index (χ4n) is 1.26. The lowest BCUT2D eigenvalue weighted by Gasteiger charge is -2.10. The molecule has 0 saturated carbocycles. The molecule has 1 N–H and O–H groups in total. The molecule has 0 bridgehead atoms. The smallest absolute Gasteiger partial charge is 0.161 e. The number of benzene rings is 1. The van der Waals surface area contributed by atoms with Crippen molar-refractivity contribution >= 4 is 0 Å². The van der Waals surface area contributed by atoms with Crippen LogP contribution in [0.1, 0.15) is 5.56 Å². The Morgan fingerprint density at radius 3 is 2.43 bits per heavy atom. The summed E-state index contributed by atoms with van der Waals surface area (Å²) in [4.78, 5) is 0. The minimum atomic E-state index is 0.0807. The lowest BCUT2D eigenvalue weighted by Crippen LogP contribution is -1.93. The van der Waals surface area contributed by atoms with Crippen LogP contribution in [0.5, 0.6) is 17.2 Å². The first-order chi connectivity index (χ1) is 6.72. The fourth-order valence-corrected chi connectivity index (χ4v) is 1.26. The van der Waals surface area contributed by atoms with Crippen molar-refractivity contribution < 1.29 is 14.6 Å². The number of hydrogen-bond acceptors (Lipinski definition) is 3. The third-order valence-electron chi connectivity index (χ3n) is 1.95. The van der Waals surface area contributed by atoms with Gasteiger partial charge in [0.25, 0.3) is 0 Å². The molecular formula is C11H14O3. The Balaban J connectivity index is 3.17. The molecule has 1 aromatic rings. The summed E-state index contributed by atoms with van der Waals surface area (Å²) in [6.07, 6.45) is 2.45. The van der Waals surface area contributed by atoms with E-state index in [1.807, 2.05) is 0 Å². The van der Waals surface area contributed by atoms with Crippen LogP contribution in [-0.4, -0.2) is 19.3 Å². The van der Waals surface area contributed by atoms with Crippen LogP contribution < -0.4 is 9.47 Å². The Hall–Kier alpha value is -1.64. The quantitative estimate of drug-likeness (QED) is 0.746. The van der Waals surface area contributed by atoms with Gasteiger partial charge in [0.15, 0.2) is 11.5 Å². The number of rotatable bonds is 4. The number of allylic oxidation sites excluding steroid dienone is 1. The van der Waals surface area contributed by atoms with Gasteiger partial charge in [-0.15, -0.1) is 6.58 Å². The molecule has 0 amide bonds. The second kappa shape index (κ2) is 4.56. The van der Waals surface area contributed by atoms with Gasteiger partial charge in [0.05, 0.1) is 14.2 Å². The van der Waals surface area contributed by atoms with E-state index < -0.39 is 0 Å². The first kappa shape index (κ1) is 10.4. The summed E-state index contributed by atoms with van der Waals surface area (Å²) in [5.41, 5.74) is 0.942. The highest BCUT2D eigenvalue weighted by Gasteiger charge is 2.08. The van der Waals surface area contributed by atoms with Gasteiger partial charge < -0.3 is 14.6 Å². The number of ether oxygens (including phenoxy) is 2.